The minimum absolute atomic E-state index is 0.240. The molecule has 0 aliphatic carbocycles. The number of ether oxygens (including phenoxy) is 1. The molecule has 1 atom stereocenters. The molecular weight excluding hydrogens is 170 g/mol. The van der Waals surface area contributed by atoms with Gasteiger partial charge in [-0.2, -0.15) is 0 Å². The largest absolute Gasteiger partial charge is 0.490 e. The van der Waals surface area contributed by atoms with Crippen LogP contribution in [0.3, 0.4) is 0 Å². The van der Waals surface area contributed by atoms with E-state index in [-0.39, 0.29) is 17.4 Å². The zero-order valence-corrected chi connectivity index (χ0v) is 7.92. The highest BCUT2D eigenvalue weighted by molar-refractivity contribution is 5.23. The van der Waals surface area contributed by atoms with Crippen LogP contribution in [0, 0.1) is 6.92 Å². The predicted molar refractivity (Wildman–Crippen MR) is 48.7 cm³/mol. The van der Waals surface area contributed by atoms with E-state index in [0.717, 1.165) is 0 Å². The molecule has 0 amide bonds. The van der Waals surface area contributed by atoms with E-state index in [9.17, 15) is 4.79 Å². The van der Waals surface area contributed by atoms with Crippen LogP contribution < -0.4 is 16.0 Å². The normalized spacial score (nSPS) is 12.6. The van der Waals surface area contributed by atoms with Crippen molar-refractivity contribution in [2.45, 2.75) is 19.9 Å². The molecule has 0 aliphatic heterocycles. The summed E-state index contributed by atoms with van der Waals surface area (Å²) in [5.74, 6) is 0.715. The zero-order chi connectivity index (χ0) is 10.0. The Kier molecular flexibility index (Phi) is 2.67. The summed E-state index contributed by atoms with van der Waals surface area (Å²) in [5, 5.41) is 0. The van der Waals surface area contributed by atoms with Crippen LogP contribution in [0.4, 0.5) is 0 Å². The molecule has 1 rings (SSSR count). The Morgan fingerprint density at radius 1 is 1.62 bits per heavy atom. The molecule has 5 nitrogen and oxygen atoms in total. The molecule has 0 saturated heterocycles. The molecule has 0 radical (unpaired) electrons. The Morgan fingerprint density at radius 2 is 2.23 bits per heavy atom. The van der Waals surface area contributed by atoms with E-state index >= 15 is 0 Å². The highest BCUT2D eigenvalue weighted by Gasteiger charge is 2.09. The topological polar surface area (TPSA) is 81.0 Å². The van der Waals surface area contributed by atoms with Gasteiger partial charge in [0.1, 0.15) is 5.82 Å². The van der Waals surface area contributed by atoms with Gasteiger partial charge in [0.25, 0.3) is 5.56 Å². The van der Waals surface area contributed by atoms with Gasteiger partial charge in [-0.3, -0.25) is 4.79 Å². The van der Waals surface area contributed by atoms with Crippen molar-refractivity contribution in [3.63, 3.8) is 0 Å². The molecule has 1 aromatic rings. The third-order valence-electron chi connectivity index (χ3n) is 1.70. The molecule has 5 heteroatoms. The number of nitrogens with one attached hydrogen (secondary N) is 1. The molecule has 0 fully saturated rings. The molecule has 0 aliphatic rings. The van der Waals surface area contributed by atoms with E-state index in [1.54, 1.807) is 13.8 Å². The number of hydrogen-bond donors (Lipinski definition) is 2. The fourth-order valence-corrected chi connectivity index (χ4v) is 1.05. The van der Waals surface area contributed by atoms with Gasteiger partial charge in [-0.15, -0.1) is 0 Å². The summed E-state index contributed by atoms with van der Waals surface area (Å²) >= 11 is 0. The minimum Gasteiger partial charge on any atom is -0.490 e. The third-order valence-corrected chi connectivity index (χ3v) is 1.70. The fourth-order valence-electron chi connectivity index (χ4n) is 1.05. The van der Waals surface area contributed by atoms with Gasteiger partial charge in [0, 0.05) is 0 Å². The first kappa shape index (κ1) is 9.73. The first-order chi connectivity index (χ1) is 6.06. The van der Waals surface area contributed by atoms with E-state index in [1.165, 1.54) is 7.11 Å². The lowest BCUT2D eigenvalue weighted by atomic mass is 10.3. The van der Waals surface area contributed by atoms with Crippen LogP contribution >= 0.6 is 0 Å². The number of aromatic amines is 1. The zero-order valence-electron chi connectivity index (χ0n) is 7.92. The molecule has 0 bridgehead atoms. The van der Waals surface area contributed by atoms with Gasteiger partial charge in [0.05, 0.1) is 18.8 Å². The van der Waals surface area contributed by atoms with Gasteiger partial charge >= 0.3 is 0 Å². The Labute approximate surface area is 75.9 Å². The molecular formula is C8H13N3O2. The quantitative estimate of drug-likeness (QED) is 0.681. The summed E-state index contributed by atoms with van der Waals surface area (Å²) in [6, 6.07) is -0.280. The first-order valence-corrected chi connectivity index (χ1v) is 3.96. The summed E-state index contributed by atoms with van der Waals surface area (Å²) in [6.45, 7) is 3.46. The maximum atomic E-state index is 11.3. The summed E-state index contributed by atoms with van der Waals surface area (Å²) in [7, 11) is 1.44. The maximum Gasteiger partial charge on any atom is 0.293 e. The third kappa shape index (κ3) is 1.86. The van der Waals surface area contributed by atoms with Crippen LogP contribution in [0.1, 0.15) is 24.5 Å². The van der Waals surface area contributed by atoms with Crippen molar-refractivity contribution >= 4 is 0 Å². The highest BCUT2D eigenvalue weighted by atomic mass is 16.5. The lowest BCUT2D eigenvalue weighted by Gasteiger charge is -2.07. The average molecular weight is 183 g/mol. The molecule has 72 valence electrons. The molecule has 3 N–H and O–H groups in total. The number of rotatable bonds is 2. The summed E-state index contributed by atoms with van der Waals surface area (Å²) in [5.41, 5.74) is 5.83. The van der Waals surface area contributed by atoms with Crippen LogP contribution in [-0.4, -0.2) is 17.1 Å². The number of aromatic nitrogens is 2. The number of methoxy groups -OCH3 is 1. The van der Waals surface area contributed by atoms with E-state index in [1.807, 2.05) is 0 Å². The van der Waals surface area contributed by atoms with E-state index in [4.69, 9.17) is 10.5 Å². The molecule has 1 heterocycles. The Bertz CT molecular complexity index is 357. The van der Waals surface area contributed by atoms with Crippen LogP contribution in [0.15, 0.2) is 4.79 Å². The van der Waals surface area contributed by atoms with Gasteiger partial charge in [0.15, 0.2) is 0 Å². The lowest BCUT2D eigenvalue weighted by molar-refractivity contribution is 0.400. The minimum atomic E-state index is -0.290. The van der Waals surface area contributed by atoms with E-state index in [2.05, 4.69) is 9.97 Å². The predicted octanol–water partition coefficient (Wildman–Crippen LogP) is 0.107. The van der Waals surface area contributed by atoms with E-state index < -0.39 is 0 Å². The van der Waals surface area contributed by atoms with Crippen molar-refractivity contribution in [2.24, 2.45) is 5.73 Å². The average Bonchev–Trinajstić information content (AvgIpc) is 2.03. The second-order valence-corrected chi connectivity index (χ2v) is 2.86. The lowest BCUT2D eigenvalue weighted by Crippen LogP contribution is -2.20. The SMILES string of the molecule is COc1c(C)nc(C(C)N)[nH]c1=O. The molecule has 0 spiro atoms. The summed E-state index contributed by atoms with van der Waals surface area (Å²) in [4.78, 5) is 18.0. The van der Waals surface area contributed by atoms with Gasteiger partial charge in [-0.25, -0.2) is 4.98 Å². The molecule has 13 heavy (non-hydrogen) atoms. The van der Waals surface area contributed by atoms with Crippen LogP contribution in [-0.2, 0) is 0 Å². The molecule has 0 aromatic carbocycles. The number of hydrogen-bond acceptors (Lipinski definition) is 4. The van der Waals surface area contributed by atoms with Crippen LogP contribution in [0.2, 0.25) is 0 Å². The van der Waals surface area contributed by atoms with Gasteiger partial charge in [0.2, 0.25) is 5.75 Å². The Balaban J connectivity index is 3.29. The highest BCUT2D eigenvalue weighted by Crippen LogP contribution is 2.09. The summed E-state index contributed by atoms with van der Waals surface area (Å²) < 4.78 is 4.86. The van der Waals surface area contributed by atoms with Gasteiger partial charge in [-0.05, 0) is 13.8 Å². The van der Waals surface area contributed by atoms with Gasteiger partial charge in [-0.1, -0.05) is 0 Å². The van der Waals surface area contributed by atoms with Crippen LogP contribution in [0.25, 0.3) is 0 Å². The number of aryl methyl sites for hydroxylation is 1. The van der Waals surface area contributed by atoms with Gasteiger partial charge < -0.3 is 15.5 Å². The van der Waals surface area contributed by atoms with Crippen molar-refractivity contribution in [3.05, 3.63) is 21.9 Å². The second kappa shape index (κ2) is 3.57. The fraction of sp³-hybridized carbons (Fsp3) is 0.500. The van der Waals surface area contributed by atoms with Crippen molar-refractivity contribution in [2.75, 3.05) is 7.11 Å². The molecule has 1 unspecified atom stereocenters. The Morgan fingerprint density at radius 3 is 2.62 bits per heavy atom. The Hall–Kier alpha value is -1.36. The van der Waals surface area contributed by atoms with Crippen molar-refractivity contribution in [3.8, 4) is 5.75 Å². The molecule has 1 aromatic heterocycles. The second-order valence-electron chi connectivity index (χ2n) is 2.86. The summed E-state index contributed by atoms with van der Waals surface area (Å²) in [6.07, 6.45) is 0. The van der Waals surface area contributed by atoms with Crippen molar-refractivity contribution in [1.82, 2.24) is 9.97 Å². The standard InChI is InChI=1S/C8H13N3O2/c1-4(9)7-10-5(2)6(13-3)8(12)11-7/h4H,9H2,1-3H3,(H,10,11,12). The van der Waals surface area contributed by atoms with Crippen LogP contribution in [0.5, 0.6) is 5.75 Å². The maximum absolute atomic E-state index is 11.3. The van der Waals surface area contributed by atoms with E-state index in [0.29, 0.717) is 11.5 Å². The van der Waals surface area contributed by atoms with Crippen molar-refractivity contribution < 1.29 is 4.74 Å². The number of H-pyrrole nitrogens is 1. The first-order valence-electron chi connectivity index (χ1n) is 3.96. The molecule has 0 saturated carbocycles. The monoisotopic (exact) mass is 183 g/mol. The number of nitrogens with zero attached hydrogens (tertiary/aromatic N) is 1. The smallest absolute Gasteiger partial charge is 0.293 e. The van der Waals surface area contributed by atoms with Crippen molar-refractivity contribution in [1.29, 1.82) is 0 Å². The number of nitrogens with two attached hydrogens (primary N) is 1.